The Kier molecular flexibility index (Phi) is 3.87. The van der Waals surface area contributed by atoms with Crippen LogP contribution in [-0.2, 0) is 10.2 Å². The average Bonchev–Trinajstić information content (AvgIpc) is 2.45. The Balaban J connectivity index is 2.38. The number of nitriles is 1. The number of nitrogens with one attached hydrogen (secondary N) is 2. The fourth-order valence-electron chi connectivity index (χ4n) is 2.43. The SMILES string of the molecule is CN1C(=O)CC(C)(C)c2cc(N/N=C(\C#N)C(=N)N)ccc21. The van der Waals surface area contributed by atoms with E-state index in [0.29, 0.717) is 12.1 Å². The molecule has 0 saturated carbocycles. The minimum absolute atomic E-state index is 0.0829. The van der Waals surface area contributed by atoms with E-state index in [1.165, 1.54) is 0 Å². The predicted molar refractivity (Wildman–Crippen MR) is 86.1 cm³/mol. The van der Waals surface area contributed by atoms with E-state index >= 15 is 0 Å². The molecule has 0 spiro atoms. The van der Waals surface area contributed by atoms with E-state index < -0.39 is 5.84 Å². The van der Waals surface area contributed by atoms with Crippen LogP contribution in [0.2, 0.25) is 0 Å². The highest BCUT2D eigenvalue weighted by Crippen LogP contribution is 2.40. The summed E-state index contributed by atoms with van der Waals surface area (Å²) in [4.78, 5) is 13.6. The summed E-state index contributed by atoms with van der Waals surface area (Å²) in [5.74, 6) is -0.307. The van der Waals surface area contributed by atoms with Crippen molar-refractivity contribution in [1.29, 1.82) is 10.7 Å². The first-order valence-electron chi connectivity index (χ1n) is 6.75. The van der Waals surface area contributed by atoms with Crippen LogP contribution in [0.4, 0.5) is 11.4 Å². The van der Waals surface area contributed by atoms with Gasteiger partial charge in [0, 0.05) is 24.6 Å². The van der Waals surface area contributed by atoms with Gasteiger partial charge in [0.2, 0.25) is 11.6 Å². The lowest BCUT2D eigenvalue weighted by Gasteiger charge is -2.37. The van der Waals surface area contributed by atoms with Crippen LogP contribution in [0.3, 0.4) is 0 Å². The molecule has 1 aromatic rings. The maximum atomic E-state index is 12.0. The van der Waals surface area contributed by atoms with E-state index in [2.05, 4.69) is 10.5 Å². The van der Waals surface area contributed by atoms with Crippen LogP contribution in [-0.4, -0.2) is 24.5 Å². The summed E-state index contributed by atoms with van der Waals surface area (Å²) in [7, 11) is 1.76. The highest BCUT2D eigenvalue weighted by molar-refractivity contribution is 6.45. The third kappa shape index (κ3) is 2.76. The maximum absolute atomic E-state index is 12.0. The fraction of sp³-hybridized carbons (Fsp3) is 0.333. The van der Waals surface area contributed by atoms with E-state index in [1.54, 1.807) is 24.1 Å². The van der Waals surface area contributed by atoms with Gasteiger partial charge in [0.1, 0.15) is 6.07 Å². The van der Waals surface area contributed by atoms with E-state index in [4.69, 9.17) is 16.4 Å². The molecule has 4 N–H and O–H groups in total. The largest absolute Gasteiger partial charge is 0.382 e. The summed E-state index contributed by atoms with van der Waals surface area (Å²) in [6, 6.07) is 7.25. The van der Waals surface area contributed by atoms with Gasteiger partial charge in [-0.1, -0.05) is 13.8 Å². The molecule has 0 fully saturated rings. The van der Waals surface area contributed by atoms with Gasteiger partial charge in [-0.05, 0) is 23.8 Å². The second-order valence-corrected chi connectivity index (χ2v) is 5.84. The van der Waals surface area contributed by atoms with Crippen molar-refractivity contribution in [1.82, 2.24) is 0 Å². The van der Waals surface area contributed by atoms with Gasteiger partial charge in [0.25, 0.3) is 0 Å². The lowest BCUT2D eigenvalue weighted by atomic mass is 9.77. The van der Waals surface area contributed by atoms with Gasteiger partial charge < -0.3 is 10.6 Å². The number of nitrogens with two attached hydrogens (primary N) is 1. The molecular weight excluding hydrogens is 280 g/mol. The zero-order chi connectivity index (χ0) is 16.5. The standard InChI is InChI=1S/C15H18N6O/c1-15(2)7-13(22)21(3)12-5-4-9(6-10(12)15)19-20-11(8-16)14(17)18/h4-6,19H,7H2,1-3H3,(H3,17,18)/b20-11+. The summed E-state index contributed by atoms with van der Waals surface area (Å²) < 4.78 is 0. The molecule has 22 heavy (non-hydrogen) atoms. The Morgan fingerprint density at radius 2 is 2.23 bits per heavy atom. The Bertz CT molecular complexity index is 713. The van der Waals surface area contributed by atoms with Crippen molar-refractivity contribution in [3.63, 3.8) is 0 Å². The van der Waals surface area contributed by atoms with Gasteiger partial charge in [-0.15, -0.1) is 0 Å². The van der Waals surface area contributed by atoms with Crippen LogP contribution in [0.1, 0.15) is 25.8 Å². The van der Waals surface area contributed by atoms with E-state index in [1.807, 2.05) is 26.0 Å². The van der Waals surface area contributed by atoms with Crippen molar-refractivity contribution in [3.8, 4) is 6.07 Å². The minimum atomic E-state index is -0.390. The van der Waals surface area contributed by atoms with Crippen LogP contribution in [0.15, 0.2) is 23.3 Å². The van der Waals surface area contributed by atoms with Crippen molar-refractivity contribution in [2.75, 3.05) is 17.4 Å². The molecule has 114 valence electrons. The van der Waals surface area contributed by atoms with E-state index in [-0.39, 0.29) is 17.0 Å². The van der Waals surface area contributed by atoms with Crippen LogP contribution < -0.4 is 16.1 Å². The number of anilines is 2. The molecule has 0 atom stereocenters. The first-order chi connectivity index (χ1) is 10.3. The van der Waals surface area contributed by atoms with Gasteiger partial charge in [-0.25, -0.2) is 0 Å². The Labute approximate surface area is 128 Å². The number of hydrogen-bond donors (Lipinski definition) is 3. The highest BCUT2D eigenvalue weighted by Gasteiger charge is 2.35. The van der Waals surface area contributed by atoms with Gasteiger partial charge in [-0.2, -0.15) is 10.4 Å². The van der Waals surface area contributed by atoms with Gasteiger partial charge >= 0.3 is 0 Å². The smallest absolute Gasteiger partial charge is 0.227 e. The summed E-state index contributed by atoms with van der Waals surface area (Å²) >= 11 is 0. The number of rotatable bonds is 3. The molecule has 1 heterocycles. The normalized spacial score (nSPS) is 16.7. The molecule has 0 bridgehead atoms. The van der Waals surface area contributed by atoms with Crippen LogP contribution >= 0.6 is 0 Å². The van der Waals surface area contributed by atoms with Crippen molar-refractivity contribution in [2.45, 2.75) is 25.7 Å². The Morgan fingerprint density at radius 1 is 1.55 bits per heavy atom. The number of fused-ring (bicyclic) bond motifs is 1. The molecule has 1 aromatic carbocycles. The summed E-state index contributed by atoms with van der Waals surface area (Å²) in [5, 5.41) is 19.9. The number of carbonyl (C=O) groups is 1. The predicted octanol–water partition coefficient (Wildman–Crippen LogP) is 1.56. The van der Waals surface area contributed by atoms with Crippen LogP contribution in [0.25, 0.3) is 0 Å². The summed E-state index contributed by atoms with van der Waals surface area (Å²) in [5.41, 5.74) is 10.1. The number of amidine groups is 1. The third-order valence-corrected chi connectivity index (χ3v) is 3.71. The first-order valence-corrected chi connectivity index (χ1v) is 6.75. The lowest BCUT2D eigenvalue weighted by Crippen LogP contribution is -2.39. The molecule has 0 aromatic heterocycles. The quantitative estimate of drug-likeness (QED) is 0.445. The molecule has 1 amide bonds. The Morgan fingerprint density at radius 3 is 2.82 bits per heavy atom. The number of hydrogen-bond acceptors (Lipinski definition) is 5. The molecule has 7 nitrogen and oxygen atoms in total. The van der Waals surface area contributed by atoms with Gasteiger partial charge in [0.05, 0.1) is 5.69 Å². The lowest BCUT2D eigenvalue weighted by molar-refractivity contribution is -0.119. The van der Waals surface area contributed by atoms with Crippen molar-refractivity contribution >= 4 is 28.8 Å². The number of carbonyl (C=O) groups excluding carboxylic acids is 1. The topological polar surface area (TPSA) is 118 Å². The molecule has 0 unspecified atom stereocenters. The minimum Gasteiger partial charge on any atom is -0.382 e. The van der Waals surface area contributed by atoms with Gasteiger partial charge in [-0.3, -0.25) is 15.6 Å². The third-order valence-electron chi connectivity index (χ3n) is 3.71. The molecule has 1 aliphatic rings. The summed E-state index contributed by atoms with van der Waals surface area (Å²) in [6.45, 7) is 4.03. The monoisotopic (exact) mass is 298 g/mol. The number of hydrazone groups is 1. The first kappa shape index (κ1) is 15.5. The fourth-order valence-corrected chi connectivity index (χ4v) is 2.43. The molecule has 0 aliphatic carbocycles. The molecule has 1 aliphatic heterocycles. The molecule has 0 saturated heterocycles. The highest BCUT2D eigenvalue weighted by atomic mass is 16.2. The number of benzene rings is 1. The zero-order valence-electron chi connectivity index (χ0n) is 12.8. The van der Waals surface area contributed by atoms with Crippen molar-refractivity contribution in [2.24, 2.45) is 10.8 Å². The van der Waals surface area contributed by atoms with Gasteiger partial charge in [0.15, 0.2) is 5.84 Å². The molecule has 2 rings (SSSR count). The Hall–Kier alpha value is -2.88. The second-order valence-electron chi connectivity index (χ2n) is 5.84. The van der Waals surface area contributed by atoms with E-state index in [9.17, 15) is 4.79 Å². The van der Waals surface area contributed by atoms with Crippen molar-refractivity contribution in [3.05, 3.63) is 23.8 Å². The summed E-state index contributed by atoms with van der Waals surface area (Å²) in [6.07, 6.45) is 0.431. The molecule has 7 heteroatoms. The number of nitrogens with zero attached hydrogens (tertiary/aromatic N) is 3. The molecular formula is C15H18N6O. The van der Waals surface area contributed by atoms with Crippen molar-refractivity contribution < 1.29 is 4.79 Å². The molecule has 0 radical (unpaired) electrons. The van der Waals surface area contributed by atoms with Crippen LogP contribution in [0.5, 0.6) is 0 Å². The maximum Gasteiger partial charge on any atom is 0.227 e. The number of amides is 1. The van der Waals surface area contributed by atoms with E-state index in [0.717, 1.165) is 11.3 Å². The zero-order valence-corrected chi connectivity index (χ0v) is 12.8. The average molecular weight is 298 g/mol. The second kappa shape index (κ2) is 5.48. The van der Waals surface area contributed by atoms with Crippen LogP contribution in [0, 0.1) is 16.7 Å².